The van der Waals surface area contributed by atoms with Crippen LogP contribution in [-0.4, -0.2) is 28.0 Å². The summed E-state index contributed by atoms with van der Waals surface area (Å²) in [7, 11) is 2.34. The molecule has 1 heterocycles. The van der Waals surface area contributed by atoms with Crippen molar-refractivity contribution in [2.75, 3.05) is 13.6 Å². The monoisotopic (exact) mass is 293 g/mol. The van der Waals surface area contributed by atoms with Crippen LogP contribution in [0.1, 0.15) is 44.9 Å². The molecule has 2 rings (SSSR count). The summed E-state index contributed by atoms with van der Waals surface area (Å²) < 4.78 is 0.931. The van der Waals surface area contributed by atoms with Gasteiger partial charge in [0.15, 0.2) is 0 Å². The van der Waals surface area contributed by atoms with Crippen LogP contribution in [0.25, 0.3) is 0 Å². The number of alkyl halides is 1. The van der Waals surface area contributed by atoms with E-state index in [2.05, 4.69) is 34.5 Å². The van der Waals surface area contributed by atoms with Gasteiger partial charge in [-0.3, -0.25) is 0 Å². The van der Waals surface area contributed by atoms with Crippen molar-refractivity contribution in [2.24, 2.45) is 0 Å². The van der Waals surface area contributed by atoms with Gasteiger partial charge >= 0.3 is 0 Å². The predicted octanol–water partition coefficient (Wildman–Crippen LogP) is 3.22. The van der Waals surface area contributed by atoms with E-state index in [1.165, 1.54) is 51.5 Å². The van der Waals surface area contributed by atoms with Crippen LogP contribution in [0.5, 0.6) is 0 Å². The summed E-state index contributed by atoms with van der Waals surface area (Å²) in [4.78, 5) is 2.64. The van der Waals surface area contributed by atoms with Gasteiger partial charge in [0.25, 0.3) is 0 Å². The third-order valence-corrected chi connectivity index (χ3v) is 5.02. The zero-order valence-electron chi connectivity index (χ0n) is 8.56. The first-order chi connectivity index (χ1) is 6.23. The summed E-state index contributed by atoms with van der Waals surface area (Å²) in [6.07, 6.45) is 10.2. The van der Waals surface area contributed by atoms with Crippen molar-refractivity contribution >= 4 is 22.6 Å². The van der Waals surface area contributed by atoms with E-state index >= 15 is 0 Å². The Balaban J connectivity index is 2.09. The van der Waals surface area contributed by atoms with E-state index in [4.69, 9.17) is 0 Å². The summed E-state index contributed by atoms with van der Waals surface area (Å²) in [6, 6.07) is 0. The largest absolute Gasteiger partial charge is 0.301 e. The van der Waals surface area contributed by atoms with Gasteiger partial charge in [0.2, 0.25) is 0 Å². The number of nitrogens with zero attached hydrogens (tertiary/aromatic N) is 1. The first-order valence-electron chi connectivity index (χ1n) is 5.58. The van der Waals surface area contributed by atoms with Crippen LogP contribution in [0.2, 0.25) is 0 Å². The quantitative estimate of drug-likeness (QED) is 0.489. The first kappa shape index (κ1) is 10.2. The second-order valence-electron chi connectivity index (χ2n) is 4.80. The van der Waals surface area contributed by atoms with Crippen molar-refractivity contribution in [3.05, 3.63) is 0 Å². The minimum atomic E-state index is 0.613. The minimum Gasteiger partial charge on any atom is -0.301 e. The summed E-state index contributed by atoms with van der Waals surface area (Å²) in [6.45, 7) is 1.34. The number of likely N-dealkylation sites (tertiary alicyclic amines) is 1. The Morgan fingerprint density at radius 2 is 2.00 bits per heavy atom. The van der Waals surface area contributed by atoms with Gasteiger partial charge in [-0.25, -0.2) is 0 Å². The lowest BCUT2D eigenvalue weighted by Gasteiger charge is -2.36. The molecule has 0 amide bonds. The lowest BCUT2D eigenvalue weighted by atomic mass is 9.88. The van der Waals surface area contributed by atoms with Crippen LogP contribution >= 0.6 is 22.6 Å². The molecule has 0 N–H and O–H groups in total. The van der Waals surface area contributed by atoms with Crippen LogP contribution < -0.4 is 0 Å². The molecule has 2 atom stereocenters. The van der Waals surface area contributed by atoms with Gasteiger partial charge in [0.1, 0.15) is 0 Å². The van der Waals surface area contributed by atoms with Crippen molar-refractivity contribution in [3.8, 4) is 0 Å². The maximum Gasteiger partial charge on any atom is 0.0217 e. The molecule has 1 aliphatic carbocycles. The molecule has 1 saturated heterocycles. The van der Waals surface area contributed by atoms with Crippen molar-refractivity contribution < 1.29 is 0 Å². The number of hydrogen-bond donors (Lipinski definition) is 0. The molecule has 0 aromatic heterocycles. The molecule has 76 valence electrons. The fourth-order valence-electron chi connectivity index (χ4n) is 3.08. The Hall–Kier alpha value is 0.690. The second-order valence-corrected chi connectivity index (χ2v) is 6.56. The van der Waals surface area contributed by atoms with E-state index in [-0.39, 0.29) is 0 Å². The van der Waals surface area contributed by atoms with Crippen molar-refractivity contribution in [1.29, 1.82) is 0 Å². The van der Waals surface area contributed by atoms with Gasteiger partial charge in [0, 0.05) is 9.46 Å². The van der Waals surface area contributed by atoms with Gasteiger partial charge in [-0.15, -0.1) is 0 Å². The molecule has 1 saturated carbocycles. The molecule has 0 radical (unpaired) electrons. The van der Waals surface area contributed by atoms with Gasteiger partial charge in [-0.05, 0) is 45.7 Å². The highest BCUT2D eigenvalue weighted by molar-refractivity contribution is 14.1. The maximum atomic E-state index is 2.66. The fraction of sp³-hybridized carbons (Fsp3) is 1.00. The van der Waals surface area contributed by atoms with Crippen LogP contribution in [0.3, 0.4) is 0 Å². The molecule has 0 bridgehead atoms. The first-order valence-corrected chi connectivity index (χ1v) is 6.83. The number of halogens is 1. The molecule has 2 unspecified atom stereocenters. The molecule has 2 heteroatoms. The zero-order valence-corrected chi connectivity index (χ0v) is 10.7. The van der Waals surface area contributed by atoms with E-state index in [1.807, 2.05) is 0 Å². The Kier molecular flexibility index (Phi) is 3.18. The summed E-state index contributed by atoms with van der Waals surface area (Å²) >= 11 is 2.66. The highest BCUT2D eigenvalue weighted by Crippen LogP contribution is 2.41. The molecule has 1 nitrogen and oxygen atoms in total. The average molecular weight is 293 g/mol. The normalized spacial score (nSPS) is 42.5. The third kappa shape index (κ3) is 2.04. The lowest BCUT2D eigenvalue weighted by Crippen LogP contribution is -2.42. The molecule has 0 aromatic rings. The molecule has 13 heavy (non-hydrogen) atoms. The Morgan fingerprint density at radius 1 is 1.23 bits per heavy atom. The van der Waals surface area contributed by atoms with Gasteiger partial charge in [-0.1, -0.05) is 35.4 Å². The SMILES string of the molecule is CN1CCCC12CCCCC(I)C2. The van der Waals surface area contributed by atoms with Crippen molar-refractivity contribution in [3.63, 3.8) is 0 Å². The maximum absolute atomic E-state index is 2.66. The Morgan fingerprint density at radius 3 is 2.69 bits per heavy atom. The van der Waals surface area contributed by atoms with Crippen LogP contribution in [0.4, 0.5) is 0 Å². The summed E-state index contributed by atoms with van der Waals surface area (Å²) in [5.41, 5.74) is 0.613. The topological polar surface area (TPSA) is 3.24 Å². The van der Waals surface area contributed by atoms with Crippen LogP contribution in [-0.2, 0) is 0 Å². The molecular weight excluding hydrogens is 273 g/mol. The third-order valence-electron chi connectivity index (χ3n) is 3.96. The molecule has 0 aromatic carbocycles. The minimum absolute atomic E-state index is 0.613. The fourth-order valence-corrected chi connectivity index (χ4v) is 4.34. The average Bonchev–Trinajstić information content (AvgIpc) is 2.34. The predicted molar refractivity (Wildman–Crippen MR) is 65.5 cm³/mol. The van der Waals surface area contributed by atoms with E-state index in [9.17, 15) is 0 Å². The Labute approximate surface area is 95.4 Å². The van der Waals surface area contributed by atoms with E-state index < -0.39 is 0 Å². The van der Waals surface area contributed by atoms with Crippen molar-refractivity contribution in [2.45, 2.75) is 54.4 Å². The zero-order chi connectivity index (χ0) is 9.31. The molecule has 1 aliphatic heterocycles. The van der Waals surface area contributed by atoms with E-state index in [1.54, 1.807) is 0 Å². The van der Waals surface area contributed by atoms with Crippen LogP contribution in [0, 0.1) is 0 Å². The second kappa shape index (κ2) is 4.05. The summed E-state index contributed by atoms with van der Waals surface area (Å²) in [5.74, 6) is 0. The molecule has 1 spiro atoms. The van der Waals surface area contributed by atoms with Gasteiger partial charge < -0.3 is 4.90 Å². The lowest BCUT2D eigenvalue weighted by molar-refractivity contribution is 0.154. The van der Waals surface area contributed by atoms with Crippen LogP contribution in [0.15, 0.2) is 0 Å². The number of rotatable bonds is 0. The number of hydrogen-bond acceptors (Lipinski definition) is 1. The smallest absolute Gasteiger partial charge is 0.0217 e. The molecule has 2 fully saturated rings. The van der Waals surface area contributed by atoms with E-state index in [0.29, 0.717) is 5.54 Å². The van der Waals surface area contributed by atoms with Gasteiger partial charge in [-0.2, -0.15) is 0 Å². The van der Waals surface area contributed by atoms with E-state index in [0.717, 1.165) is 3.92 Å². The highest BCUT2D eigenvalue weighted by atomic mass is 127. The standard InChI is InChI=1S/C11H20IN/c1-13-8-4-7-11(13)6-3-2-5-10(12)9-11/h10H,2-9H2,1H3. The molecular formula is C11H20IN. The van der Waals surface area contributed by atoms with Gasteiger partial charge in [0.05, 0.1) is 0 Å². The van der Waals surface area contributed by atoms with Crippen molar-refractivity contribution in [1.82, 2.24) is 4.90 Å². The Bertz CT molecular complexity index is 183. The summed E-state index contributed by atoms with van der Waals surface area (Å²) in [5, 5.41) is 0. The highest BCUT2D eigenvalue weighted by Gasteiger charge is 2.40. The molecule has 2 aliphatic rings.